The Kier molecular flexibility index (Phi) is 19.6. The third-order valence-corrected chi connectivity index (χ3v) is 7.96. The Labute approximate surface area is 215 Å². The molecule has 1 saturated heterocycles. The van der Waals surface area contributed by atoms with Gasteiger partial charge in [-0.2, -0.15) is 0 Å². The van der Waals surface area contributed by atoms with Gasteiger partial charge in [0.05, 0.1) is 25.9 Å². The maximum Gasteiger partial charge on any atom is 0.324 e. The van der Waals surface area contributed by atoms with Crippen LogP contribution in [0.5, 0.6) is 0 Å². The lowest BCUT2D eigenvalue weighted by Gasteiger charge is -2.21. The zero-order valence-electron chi connectivity index (χ0n) is 21.7. The number of aliphatic hydroxyl groups is 1. The van der Waals surface area contributed by atoms with E-state index in [1.54, 1.807) is 0 Å². The van der Waals surface area contributed by atoms with Crippen LogP contribution in [0.25, 0.3) is 0 Å². The molecular weight excluding hydrogens is 470 g/mol. The molecule has 1 rings (SSSR count). The fraction of sp³-hybridized carbons (Fsp3) is 1.00. The van der Waals surface area contributed by atoms with Gasteiger partial charge in [-0.15, -0.1) is 0 Å². The fourth-order valence-corrected chi connectivity index (χ4v) is 5.32. The minimum absolute atomic E-state index is 0.118. The highest BCUT2D eigenvalue weighted by Crippen LogP contribution is 2.44. The smallest absolute Gasteiger partial charge is 0.324 e. The molecule has 9 heteroatoms. The van der Waals surface area contributed by atoms with Crippen LogP contribution in [0.15, 0.2) is 0 Å². The van der Waals surface area contributed by atoms with Gasteiger partial charge < -0.3 is 28.5 Å². The number of hydrogen-bond donors (Lipinski definition) is 2. The van der Waals surface area contributed by atoms with E-state index in [0.717, 1.165) is 19.3 Å². The molecule has 1 heterocycles. The molecule has 3 unspecified atom stereocenters. The predicted octanol–water partition coefficient (Wildman–Crippen LogP) is 6.01. The molecule has 1 aliphatic rings. The minimum atomic E-state index is -3.42. The van der Waals surface area contributed by atoms with Crippen LogP contribution in [0.2, 0.25) is 0 Å². The van der Waals surface area contributed by atoms with Gasteiger partial charge in [0, 0.05) is 12.6 Å². The van der Waals surface area contributed by atoms with Gasteiger partial charge in [0.25, 0.3) is 0 Å². The molecule has 0 aromatic heterocycles. The van der Waals surface area contributed by atoms with Crippen LogP contribution in [-0.4, -0.2) is 62.5 Å². The SMILES string of the molecule is [B][C@H]1CC(C)[C@@H](COP(O)(=S)OCC(O)COCCCCCCCCCCCCCCCC)O1. The van der Waals surface area contributed by atoms with Crippen LogP contribution in [-0.2, 0) is 30.3 Å². The first-order valence-electron chi connectivity index (χ1n) is 13.6. The fourth-order valence-electron chi connectivity index (χ4n) is 4.19. The van der Waals surface area contributed by atoms with Gasteiger partial charge in [-0.3, -0.25) is 0 Å². The third kappa shape index (κ3) is 17.8. The number of aliphatic hydroxyl groups excluding tert-OH is 1. The first kappa shape index (κ1) is 32.5. The maximum absolute atomic E-state index is 10.1. The van der Waals surface area contributed by atoms with Crippen molar-refractivity contribution in [3.8, 4) is 0 Å². The number of hydrogen-bond acceptors (Lipinski definition) is 6. The van der Waals surface area contributed by atoms with Gasteiger partial charge in [-0.25, -0.2) is 0 Å². The van der Waals surface area contributed by atoms with Gasteiger partial charge >= 0.3 is 6.72 Å². The maximum atomic E-state index is 10.1. The van der Waals surface area contributed by atoms with Gasteiger partial charge in [0.15, 0.2) is 0 Å². The Morgan fingerprint density at radius 1 is 0.912 bits per heavy atom. The van der Waals surface area contributed by atoms with Crippen LogP contribution >= 0.6 is 6.72 Å². The number of ether oxygens (including phenoxy) is 2. The lowest BCUT2D eigenvalue weighted by Crippen LogP contribution is -2.23. The minimum Gasteiger partial charge on any atom is -0.388 e. The monoisotopic (exact) mass is 520 g/mol. The van der Waals surface area contributed by atoms with Crippen LogP contribution in [0.4, 0.5) is 0 Å². The van der Waals surface area contributed by atoms with Crippen molar-refractivity contribution in [1.82, 2.24) is 0 Å². The summed E-state index contributed by atoms with van der Waals surface area (Å²) >= 11 is 5.00. The lowest BCUT2D eigenvalue weighted by molar-refractivity contribution is 0.000296. The average molecular weight is 521 g/mol. The van der Waals surface area contributed by atoms with E-state index in [1.165, 1.54) is 77.0 Å². The van der Waals surface area contributed by atoms with E-state index in [9.17, 15) is 10.00 Å². The molecule has 200 valence electrons. The lowest BCUT2D eigenvalue weighted by atomic mass is 9.92. The molecule has 1 aliphatic heterocycles. The molecule has 2 N–H and O–H groups in total. The summed E-state index contributed by atoms with van der Waals surface area (Å²) in [6.07, 6.45) is 18.2. The second-order valence-corrected chi connectivity index (χ2v) is 12.6. The molecule has 6 nitrogen and oxygen atoms in total. The Morgan fingerprint density at radius 3 is 1.94 bits per heavy atom. The normalized spacial score (nSPS) is 23.2. The van der Waals surface area contributed by atoms with Gasteiger partial charge in [-0.05, 0) is 30.6 Å². The molecule has 0 saturated carbocycles. The van der Waals surface area contributed by atoms with Crippen molar-refractivity contribution in [3.63, 3.8) is 0 Å². The first-order valence-corrected chi connectivity index (χ1v) is 16.2. The Balaban J connectivity index is 1.87. The summed E-state index contributed by atoms with van der Waals surface area (Å²) in [6, 6.07) is -0.306. The van der Waals surface area contributed by atoms with Crippen molar-refractivity contribution in [2.24, 2.45) is 5.92 Å². The molecule has 0 aromatic rings. The van der Waals surface area contributed by atoms with Gasteiger partial charge in [-0.1, -0.05) is 97.3 Å². The van der Waals surface area contributed by atoms with E-state index in [2.05, 4.69) is 6.92 Å². The van der Waals surface area contributed by atoms with Crippen molar-refractivity contribution in [3.05, 3.63) is 0 Å². The third-order valence-electron chi connectivity index (χ3n) is 6.37. The van der Waals surface area contributed by atoms with E-state index in [0.29, 0.717) is 6.61 Å². The van der Waals surface area contributed by atoms with Crippen LogP contribution in [0.1, 0.15) is 110 Å². The van der Waals surface area contributed by atoms with E-state index >= 15 is 0 Å². The van der Waals surface area contributed by atoms with Gasteiger partial charge in [0.2, 0.25) is 0 Å². The van der Waals surface area contributed by atoms with Crippen LogP contribution in [0, 0.1) is 5.92 Å². The van der Waals surface area contributed by atoms with E-state index in [-0.39, 0.29) is 37.8 Å². The zero-order valence-corrected chi connectivity index (χ0v) is 23.4. The quantitative estimate of drug-likeness (QED) is 0.0970. The highest BCUT2D eigenvalue weighted by atomic mass is 32.5. The molecule has 0 aromatic carbocycles. The first-order chi connectivity index (χ1) is 16.3. The summed E-state index contributed by atoms with van der Waals surface area (Å²) in [7, 11) is 5.75. The summed E-state index contributed by atoms with van der Waals surface area (Å²) in [6.45, 7) is 1.65. The topological polar surface area (TPSA) is 77.4 Å². The summed E-state index contributed by atoms with van der Waals surface area (Å²) < 4.78 is 21.6. The second-order valence-electron chi connectivity index (χ2n) is 9.81. The van der Waals surface area contributed by atoms with Crippen molar-refractivity contribution in [2.75, 3.05) is 26.4 Å². The van der Waals surface area contributed by atoms with Crippen molar-refractivity contribution < 1.29 is 28.5 Å². The van der Waals surface area contributed by atoms with Crippen molar-refractivity contribution in [2.45, 2.75) is 128 Å². The van der Waals surface area contributed by atoms with Crippen molar-refractivity contribution in [1.29, 1.82) is 0 Å². The largest absolute Gasteiger partial charge is 0.388 e. The van der Waals surface area contributed by atoms with Crippen molar-refractivity contribution >= 4 is 26.4 Å². The van der Waals surface area contributed by atoms with E-state index < -0.39 is 12.8 Å². The second kappa shape index (κ2) is 20.5. The molecule has 0 amide bonds. The standard InChI is InChI=1S/C25H50BO6PS/c1-3-4-5-6-7-8-9-10-11-12-13-14-15-16-17-29-19-23(27)20-30-33(28,34)31-21-24-22(2)18-25(26)32-24/h22-25,27H,3-21H2,1-2H3,(H,28,34)/t22?,23?,24-,25-,33?/m1/s1. The van der Waals surface area contributed by atoms with E-state index in [4.69, 9.17) is 38.2 Å². The molecule has 34 heavy (non-hydrogen) atoms. The van der Waals surface area contributed by atoms with Gasteiger partial charge in [0.1, 0.15) is 14.0 Å². The zero-order chi connectivity index (χ0) is 25.1. The molecule has 5 atom stereocenters. The highest BCUT2D eigenvalue weighted by molar-refractivity contribution is 8.07. The molecule has 2 radical (unpaired) electrons. The Hall–Kier alpha value is 0.475. The summed E-state index contributed by atoms with van der Waals surface area (Å²) in [5.41, 5.74) is 0. The summed E-state index contributed by atoms with van der Waals surface area (Å²) in [4.78, 5) is 10.1. The summed E-state index contributed by atoms with van der Waals surface area (Å²) in [5, 5.41) is 10.00. The Bertz CT molecular complexity index is 530. The van der Waals surface area contributed by atoms with Crippen LogP contribution < -0.4 is 0 Å². The molecule has 0 aliphatic carbocycles. The average Bonchev–Trinajstić information content (AvgIpc) is 3.13. The molecule has 0 bridgehead atoms. The summed E-state index contributed by atoms with van der Waals surface area (Å²) in [5.74, 6) is 0.235. The van der Waals surface area contributed by atoms with E-state index in [1.807, 2.05) is 6.92 Å². The predicted molar refractivity (Wildman–Crippen MR) is 144 cm³/mol. The number of rotatable bonds is 23. The highest BCUT2D eigenvalue weighted by Gasteiger charge is 2.31. The Morgan fingerprint density at radius 2 is 1.44 bits per heavy atom. The molecular formula is C25H50BO6PS. The number of unbranched alkanes of at least 4 members (excludes halogenated alkanes) is 13. The van der Waals surface area contributed by atoms with Crippen LogP contribution in [0.3, 0.4) is 0 Å². The molecule has 0 spiro atoms. The molecule has 1 fully saturated rings.